The average Bonchev–Trinajstić information content (AvgIpc) is 2.72. The van der Waals surface area contributed by atoms with Crippen LogP contribution in [-0.4, -0.2) is 5.78 Å². The number of carbonyl (C=O) groups excluding carboxylic acids is 1. The largest absolute Gasteiger partial charge is 0.373 e. The van der Waals surface area contributed by atoms with Crippen molar-refractivity contribution in [3.63, 3.8) is 0 Å². The predicted molar refractivity (Wildman–Crippen MR) is 126 cm³/mol. The van der Waals surface area contributed by atoms with Gasteiger partial charge in [-0.1, -0.05) is 82.3 Å². The van der Waals surface area contributed by atoms with Gasteiger partial charge in [0.1, 0.15) is 0 Å². The van der Waals surface area contributed by atoms with Crippen molar-refractivity contribution in [2.45, 2.75) is 52.5 Å². The van der Waals surface area contributed by atoms with E-state index in [2.05, 4.69) is 93.7 Å². The molecule has 0 radical (unpaired) electrons. The fraction of sp³-hybridized carbons (Fsp3) is 0.321. The minimum Gasteiger partial charge on any atom is -0.373 e. The molecule has 0 bridgehead atoms. The van der Waals surface area contributed by atoms with E-state index in [1.54, 1.807) is 0 Å². The maximum atomic E-state index is 13.5. The zero-order chi connectivity index (χ0) is 21.0. The lowest BCUT2D eigenvalue weighted by atomic mass is 9.68. The second kappa shape index (κ2) is 6.84. The van der Waals surface area contributed by atoms with Crippen molar-refractivity contribution in [3.05, 3.63) is 82.9 Å². The van der Waals surface area contributed by atoms with E-state index >= 15 is 0 Å². The van der Waals surface area contributed by atoms with Crippen LogP contribution in [0.5, 0.6) is 0 Å². The molecule has 1 N–H and O–H groups in total. The number of fused-ring (bicyclic) bond motifs is 4. The van der Waals surface area contributed by atoms with Crippen molar-refractivity contribution in [2.24, 2.45) is 5.41 Å². The first kappa shape index (κ1) is 19.1. The predicted octanol–water partition coefficient (Wildman–Crippen LogP) is 7.27. The number of hydrogen-bond donors (Lipinski definition) is 1. The quantitative estimate of drug-likeness (QED) is 0.494. The molecule has 0 unspecified atom stereocenters. The molecular formula is C28H29NO. The highest BCUT2D eigenvalue weighted by molar-refractivity contribution is 6.12. The molecule has 1 heterocycles. The number of hydrogen-bond acceptors (Lipinski definition) is 2. The smallest absolute Gasteiger partial charge is 0.162 e. The molecule has 2 heteroatoms. The summed E-state index contributed by atoms with van der Waals surface area (Å²) < 4.78 is 0. The molecule has 30 heavy (non-hydrogen) atoms. The van der Waals surface area contributed by atoms with E-state index in [0.717, 1.165) is 17.7 Å². The molecule has 0 fully saturated rings. The normalized spacial score (nSPS) is 20.2. The molecular weight excluding hydrogens is 366 g/mol. The van der Waals surface area contributed by atoms with Gasteiger partial charge in [-0.15, -0.1) is 0 Å². The molecule has 0 saturated carbocycles. The fourth-order valence-corrected chi connectivity index (χ4v) is 5.16. The SMILES string of the molecule is CC(C)c1ccc([C@H]2Nc3ccc4ccccc4c3C3=C2C(=O)CC(C)(C)C3)cc1. The molecule has 0 saturated heterocycles. The van der Waals surface area contributed by atoms with Crippen molar-refractivity contribution in [1.29, 1.82) is 0 Å². The second-order valence-electron chi connectivity index (χ2n) is 9.94. The third-order valence-corrected chi connectivity index (χ3v) is 6.68. The van der Waals surface area contributed by atoms with Crippen molar-refractivity contribution < 1.29 is 4.79 Å². The highest BCUT2D eigenvalue weighted by atomic mass is 16.1. The maximum Gasteiger partial charge on any atom is 0.162 e. The molecule has 3 aromatic rings. The number of nitrogens with one attached hydrogen (secondary N) is 1. The Morgan fingerprint density at radius 1 is 0.933 bits per heavy atom. The van der Waals surface area contributed by atoms with E-state index in [4.69, 9.17) is 0 Å². The molecule has 0 amide bonds. The molecule has 1 atom stereocenters. The molecule has 2 nitrogen and oxygen atoms in total. The highest BCUT2D eigenvalue weighted by Crippen LogP contribution is 2.52. The van der Waals surface area contributed by atoms with Crippen LogP contribution >= 0.6 is 0 Å². The van der Waals surface area contributed by atoms with E-state index in [1.165, 1.54) is 33.0 Å². The Hall–Kier alpha value is -2.87. The number of anilines is 1. The molecule has 3 aromatic carbocycles. The Labute approximate surface area is 179 Å². The monoisotopic (exact) mass is 395 g/mol. The van der Waals surface area contributed by atoms with Gasteiger partial charge in [0.15, 0.2) is 5.78 Å². The van der Waals surface area contributed by atoms with Crippen LogP contribution in [0.25, 0.3) is 16.3 Å². The van der Waals surface area contributed by atoms with Gasteiger partial charge in [-0.25, -0.2) is 0 Å². The molecule has 2 aliphatic rings. The summed E-state index contributed by atoms with van der Waals surface area (Å²) in [6, 6.07) is 21.6. The van der Waals surface area contributed by atoms with E-state index in [-0.39, 0.29) is 17.2 Å². The van der Waals surface area contributed by atoms with Crippen LogP contribution in [0.15, 0.2) is 66.2 Å². The number of Topliss-reactive ketones (excluding diaryl/α,β-unsaturated/α-hetero) is 1. The molecule has 1 aliphatic heterocycles. The van der Waals surface area contributed by atoms with Crippen molar-refractivity contribution in [2.75, 3.05) is 5.32 Å². The van der Waals surface area contributed by atoms with E-state index in [1.807, 2.05) is 0 Å². The summed E-state index contributed by atoms with van der Waals surface area (Å²) in [5, 5.41) is 6.19. The first-order valence-electron chi connectivity index (χ1n) is 11.0. The standard InChI is InChI=1S/C28H29NO/c1-17(2)18-9-11-20(12-10-18)27-26-22(15-28(3,4)16-24(26)30)25-21-8-6-5-7-19(21)13-14-23(25)29-27/h5-14,17,27,29H,15-16H2,1-4H3/t27-/m1/s1. The molecule has 5 rings (SSSR count). The van der Waals surface area contributed by atoms with Crippen LogP contribution in [0.2, 0.25) is 0 Å². The number of carbonyl (C=O) groups is 1. The summed E-state index contributed by atoms with van der Waals surface area (Å²) in [6.07, 6.45) is 1.53. The number of rotatable bonds is 2. The lowest BCUT2D eigenvalue weighted by Crippen LogP contribution is -2.33. The maximum absolute atomic E-state index is 13.5. The van der Waals surface area contributed by atoms with Gasteiger partial charge in [-0.2, -0.15) is 0 Å². The molecule has 1 aliphatic carbocycles. The van der Waals surface area contributed by atoms with Gasteiger partial charge in [-0.05, 0) is 51.3 Å². The first-order chi connectivity index (χ1) is 14.3. The van der Waals surface area contributed by atoms with Gasteiger partial charge in [0.05, 0.1) is 6.04 Å². The van der Waals surface area contributed by atoms with E-state index in [9.17, 15) is 4.79 Å². The number of allylic oxidation sites excluding steroid dienone is 1. The Morgan fingerprint density at radius 2 is 1.67 bits per heavy atom. The zero-order valence-electron chi connectivity index (χ0n) is 18.3. The van der Waals surface area contributed by atoms with Crippen molar-refractivity contribution in [3.8, 4) is 0 Å². The number of ketones is 1. The van der Waals surface area contributed by atoms with Crippen molar-refractivity contribution >= 4 is 27.8 Å². The summed E-state index contributed by atoms with van der Waals surface area (Å²) in [5.74, 6) is 0.780. The minimum atomic E-state index is -0.0847. The fourth-order valence-electron chi connectivity index (χ4n) is 5.16. The summed E-state index contributed by atoms with van der Waals surface area (Å²) >= 11 is 0. The summed E-state index contributed by atoms with van der Waals surface area (Å²) in [4.78, 5) is 13.5. The average molecular weight is 396 g/mol. The molecule has 0 aromatic heterocycles. The van der Waals surface area contributed by atoms with Gasteiger partial charge in [0.2, 0.25) is 0 Å². The van der Waals surface area contributed by atoms with Crippen LogP contribution in [0.4, 0.5) is 5.69 Å². The molecule has 0 spiro atoms. The van der Waals surface area contributed by atoms with E-state index in [0.29, 0.717) is 12.3 Å². The Morgan fingerprint density at radius 3 is 2.40 bits per heavy atom. The minimum absolute atomic E-state index is 0.0203. The van der Waals surface area contributed by atoms with Crippen molar-refractivity contribution in [1.82, 2.24) is 0 Å². The highest BCUT2D eigenvalue weighted by Gasteiger charge is 2.40. The first-order valence-corrected chi connectivity index (χ1v) is 11.0. The van der Waals surface area contributed by atoms with Crippen LogP contribution < -0.4 is 5.32 Å². The van der Waals surface area contributed by atoms with Gasteiger partial charge < -0.3 is 5.32 Å². The third-order valence-electron chi connectivity index (χ3n) is 6.68. The van der Waals surface area contributed by atoms with Crippen LogP contribution in [-0.2, 0) is 4.79 Å². The van der Waals surface area contributed by atoms with Crippen LogP contribution in [0.3, 0.4) is 0 Å². The Kier molecular flexibility index (Phi) is 4.36. The van der Waals surface area contributed by atoms with E-state index < -0.39 is 0 Å². The zero-order valence-corrected chi connectivity index (χ0v) is 18.3. The van der Waals surface area contributed by atoms with Crippen LogP contribution in [0.1, 0.15) is 69.2 Å². The summed E-state index contributed by atoms with van der Waals surface area (Å²) in [5.41, 5.74) is 7.03. The van der Waals surface area contributed by atoms with Gasteiger partial charge in [0, 0.05) is 23.2 Å². The van der Waals surface area contributed by atoms with Gasteiger partial charge in [-0.3, -0.25) is 4.79 Å². The lowest BCUT2D eigenvalue weighted by Gasteiger charge is -2.40. The summed E-state index contributed by atoms with van der Waals surface area (Å²) in [6.45, 7) is 8.85. The van der Waals surface area contributed by atoms with Gasteiger partial charge in [0.25, 0.3) is 0 Å². The third kappa shape index (κ3) is 3.06. The second-order valence-corrected chi connectivity index (χ2v) is 9.94. The Balaban J connectivity index is 1.73. The van der Waals surface area contributed by atoms with Crippen LogP contribution in [0, 0.1) is 5.41 Å². The topological polar surface area (TPSA) is 29.1 Å². The lowest BCUT2D eigenvalue weighted by molar-refractivity contribution is -0.118. The van der Waals surface area contributed by atoms with Gasteiger partial charge >= 0.3 is 0 Å². The molecule has 152 valence electrons. The number of benzene rings is 3. The Bertz CT molecular complexity index is 1180. The summed E-state index contributed by atoms with van der Waals surface area (Å²) in [7, 11) is 0.